The van der Waals surface area contributed by atoms with Gasteiger partial charge < -0.3 is 15.5 Å². The first-order valence-corrected chi connectivity index (χ1v) is 10.4. The Kier molecular flexibility index (Phi) is 9.02. The Labute approximate surface area is 185 Å². The van der Waals surface area contributed by atoms with Crippen molar-refractivity contribution < 1.29 is 19.8 Å². The molecule has 0 radical (unpaired) electrons. The predicted octanol–water partition coefficient (Wildman–Crippen LogP) is -0.150. The van der Waals surface area contributed by atoms with Crippen molar-refractivity contribution in [3.05, 3.63) is 57.4 Å². The van der Waals surface area contributed by atoms with E-state index in [-0.39, 0.29) is 24.7 Å². The maximum Gasteiger partial charge on any atom is 0.241 e. The van der Waals surface area contributed by atoms with Crippen LogP contribution in [0.5, 0.6) is 11.5 Å². The topological polar surface area (TPSA) is 137 Å². The SMILES string of the molecule is CCC(=O)N(CCCNCCN(C(=O)CC)n1ccc(=O)c(O)c1)n1ccc(=O)c(O)c1. The number of carbonyl (C=O) groups excluding carboxylic acids is 2. The van der Waals surface area contributed by atoms with Crippen molar-refractivity contribution in [2.24, 2.45) is 0 Å². The lowest BCUT2D eigenvalue weighted by atomic mass is 10.3. The number of aromatic hydroxyl groups is 2. The summed E-state index contributed by atoms with van der Waals surface area (Å²) in [5.41, 5.74) is -1.04. The van der Waals surface area contributed by atoms with E-state index in [0.29, 0.717) is 32.6 Å². The third-order valence-electron chi connectivity index (χ3n) is 4.73. The van der Waals surface area contributed by atoms with E-state index in [1.807, 2.05) is 0 Å². The Bertz CT molecular complexity index is 964. The molecule has 2 aromatic heterocycles. The molecule has 174 valence electrons. The molecule has 0 spiro atoms. The molecule has 0 bridgehead atoms. The number of pyridine rings is 2. The summed E-state index contributed by atoms with van der Waals surface area (Å²) in [5, 5.41) is 25.3. The maximum absolute atomic E-state index is 12.3. The van der Waals surface area contributed by atoms with Crippen molar-refractivity contribution in [2.45, 2.75) is 33.1 Å². The van der Waals surface area contributed by atoms with E-state index < -0.39 is 22.4 Å². The summed E-state index contributed by atoms with van der Waals surface area (Å²) in [5.74, 6) is -1.21. The Balaban J connectivity index is 1.90. The second-order valence-corrected chi connectivity index (χ2v) is 6.99. The smallest absolute Gasteiger partial charge is 0.241 e. The zero-order valence-corrected chi connectivity index (χ0v) is 18.2. The molecule has 0 saturated heterocycles. The van der Waals surface area contributed by atoms with E-state index in [1.54, 1.807) is 13.8 Å². The van der Waals surface area contributed by atoms with Gasteiger partial charge in [0.05, 0.1) is 18.9 Å². The van der Waals surface area contributed by atoms with Gasteiger partial charge in [0.1, 0.15) is 0 Å². The maximum atomic E-state index is 12.3. The Morgan fingerprint density at radius 1 is 0.844 bits per heavy atom. The molecular formula is C21H29N5O6. The van der Waals surface area contributed by atoms with Crippen LogP contribution in [0.25, 0.3) is 0 Å². The Morgan fingerprint density at radius 2 is 1.31 bits per heavy atom. The Hall–Kier alpha value is -3.60. The summed E-state index contributed by atoms with van der Waals surface area (Å²) in [6, 6.07) is 2.38. The van der Waals surface area contributed by atoms with Crippen molar-refractivity contribution in [1.29, 1.82) is 0 Å². The van der Waals surface area contributed by atoms with E-state index in [1.165, 1.54) is 56.3 Å². The number of carbonyl (C=O) groups is 2. The third kappa shape index (κ3) is 6.45. The molecule has 0 aromatic carbocycles. The molecular weight excluding hydrogens is 418 g/mol. The first-order chi connectivity index (χ1) is 15.3. The molecule has 0 aliphatic carbocycles. The number of hydrogen-bond donors (Lipinski definition) is 3. The molecule has 32 heavy (non-hydrogen) atoms. The average molecular weight is 447 g/mol. The minimum atomic E-state index is -0.523. The fraction of sp³-hybridized carbons (Fsp3) is 0.429. The fourth-order valence-electron chi connectivity index (χ4n) is 2.99. The van der Waals surface area contributed by atoms with Gasteiger partial charge in [-0.3, -0.25) is 33.5 Å². The molecule has 2 amide bonds. The lowest BCUT2D eigenvalue weighted by Crippen LogP contribution is -2.45. The zero-order valence-electron chi connectivity index (χ0n) is 18.2. The first kappa shape index (κ1) is 24.7. The van der Waals surface area contributed by atoms with Crippen LogP contribution in [-0.4, -0.2) is 57.6 Å². The summed E-state index contributed by atoms with van der Waals surface area (Å²) in [6.07, 6.45) is 6.36. The monoisotopic (exact) mass is 447 g/mol. The van der Waals surface area contributed by atoms with Crippen molar-refractivity contribution in [3.63, 3.8) is 0 Å². The van der Waals surface area contributed by atoms with Gasteiger partial charge in [-0.1, -0.05) is 13.8 Å². The van der Waals surface area contributed by atoms with E-state index >= 15 is 0 Å². The van der Waals surface area contributed by atoms with Crippen LogP contribution in [0.4, 0.5) is 0 Å². The van der Waals surface area contributed by atoms with E-state index in [9.17, 15) is 29.4 Å². The minimum absolute atomic E-state index is 0.161. The molecule has 2 aromatic rings. The fourth-order valence-corrected chi connectivity index (χ4v) is 2.99. The summed E-state index contributed by atoms with van der Waals surface area (Å²) >= 11 is 0. The number of nitrogens with one attached hydrogen (secondary N) is 1. The highest BCUT2D eigenvalue weighted by atomic mass is 16.3. The molecule has 2 heterocycles. The Morgan fingerprint density at radius 3 is 1.75 bits per heavy atom. The van der Waals surface area contributed by atoms with Gasteiger partial charge in [0.15, 0.2) is 11.5 Å². The number of amides is 2. The van der Waals surface area contributed by atoms with E-state index in [0.717, 1.165) is 0 Å². The molecule has 0 fully saturated rings. The van der Waals surface area contributed by atoms with Crippen LogP contribution in [-0.2, 0) is 9.59 Å². The highest BCUT2D eigenvalue weighted by molar-refractivity contribution is 5.86. The number of hydrogen-bond acceptors (Lipinski definition) is 7. The molecule has 2 rings (SSSR count). The van der Waals surface area contributed by atoms with Crippen molar-refractivity contribution in [2.75, 3.05) is 36.2 Å². The van der Waals surface area contributed by atoms with Gasteiger partial charge >= 0.3 is 0 Å². The second kappa shape index (κ2) is 11.7. The van der Waals surface area contributed by atoms with Crippen LogP contribution in [0, 0.1) is 0 Å². The molecule has 0 atom stereocenters. The van der Waals surface area contributed by atoms with Gasteiger partial charge in [0, 0.05) is 50.5 Å². The van der Waals surface area contributed by atoms with Gasteiger partial charge in [-0.15, -0.1) is 0 Å². The molecule has 0 aliphatic rings. The van der Waals surface area contributed by atoms with E-state index in [4.69, 9.17) is 0 Å². The highest BCUT2D eigenvalue weighted by Gasteiger charge is 2.15. The predicted molar refractivity (Wildman–Crippen MR) is 119 cm³/mol. The quantitative estimate of drug-likeness (QED) is 0.408. The first-order valence-electron chi connectivity index (χ1n) is 10.4. The van der Waals surface area contributed by atoms with Crippen LogP contribution in [0.3, 0.4) is 0 Å². The molecule has 0 saturated carbocycles. The minimum Gasteiger partial charge on any atom is -0.503 e. The van der Waals surface area contributed by atoms with E-state index in [2.05, 4.69) is 5.32 Å². The summed E-state index contributed by atoms with van der Waals surface area (Å²) in [7, 11) is 0. The summed E-state index contributed by atoms with van der Waals surface area (Å²) in [4.78, 5) is 47.3. The molecule has 11 nitrogen and oxygen atoms in total. The van der Waals surface area contributed by atoms with Crippen LogP contribution in [0.1, 0.15) is 33.1 Å². The van der Waals surface area contributed by atoms with Gasteiger partial charge in [-0.05, 0) is 13.0 Å². The van der Waals surface area contributed by atoms with Gasteiger partial charge in [0.25, 0.3) is 0 Å². The van der Waals surface area contributed by atoms with Crippen LogP contribution < -0.4 is 26.2 Å². The number of rotatable bonds is 11. The van der Waals surface area contributed by atoms with Crippen molar-refractivity contribution in [1.82, 2.24) is 14.7 Å². The molecule has 11 heteroatoms. The lowest BCUT2D eigenvalue weighted by Gasteiger charge is -2.26. The average Bonchev–Trinajstić information content (AvgIpc) is 2.79. The van der Waals surface area contributed by atoms with Gasteiger partial charge in [-0.2, -0.15) is 0 Å². The summed E-state index contributed by atoms with van der Waals surface area (Å²) < 4.78 is 2.78. The summed E-state index contributed by atoms with van der Waals surface area (Å²) in [6.45, 7) is 5.10. The van der Waals surface area contributed by atoms with Crippen molar-refractivity contribution in [3.8, 4) is 11.5 Å². The van der Waals surface area contributed by atoms with Crippen LogP contribution >= 0.6 is 0 Å². The molecule has 0 unspecified atom stereocenters. The normalized spacial score (nSPS) is 10.7. The second-order valence-electron chi connectivity index (χ2n) is 6.99. The highest BCUT2D eigenvalue weighted by Crippen LogP contribution is 2.04. The largest absolute Gasteiger partial charge is 0.503 e. The van der Waals surface area contributed by atoms with Crippen LogP contribution in [0.15, 0.2) is 46.5 Å². The van der Waals surface area contributed by atoms with Gasteiger partial charge in [-0.25, -0.2) is 5.01 Å². The van der Waals surface area contributed by atoms with Gasteiger partial charge in [0.2, 0.25) is 22.7 Å². The third-order valence-corrected chi connectivity index (χ3v) is 4.73. The van der Waals surface area contributed by atoms with Crippen LogP contribution in [0.2, 0.25) is 0 Å². The lowest BCUT2D eigenvalue weighted by molar-refractivity contribution is -0.120. The standard InChI is InChI=1S/C21H29N5O6/c1-3-20(31)25(23-11-6-16(27)18(29)14-23)10-5-8-22-9-13-26(21(32)4-2)24-12-7-17(28)19(30)15-24/h6-7,11-12,14-15,22,29-30H,3-5,8-10,13H2,1-2H3. The molecule has 0 aliphatic heterocycles. The molecule has 3 N–H and O–H groups in total. The number of aromatic nitrogens is 2. The van der Waals surface area contributed by atoms with Crippen molar-refractivity contribution >= 4 is 11.8 Å². The number of nitrogens with zero attached hydrogens (tertiary/aromatic N) is 4. The zero-order chi connectivity index (χ0) is 23.7.